The number of anilines is 1. The number of methoxy groups -OCH3 is 1. The summed E-state index contributed by atoms with van der Waals surface area (Å²) in [6.07, 6.45) is 2.19. The summed E-state index contributed by atoms with van der Waals surface area (Å²) in [5.41, 5.74) is 1.25. The number of ether oxygens (including phenoxy) is 2. The monoisotopic (exact) mass is 430 g/mol. The molecule has 1 N–H and O–H groups in total. The van der Waals surface area contributed by atoms with E-state index in [0.717, 1.165) is 13.0 Å². The Bertz CT molecular complexity index is 1090. The Morgan fingerprint density at radius 3 is 2.53 bits per heavy atom. The molecule has 0 aliphatic heterocycles. The maximum atomic E-state index is 12.6. The molecule has 3 aromatic rings. The van der Waals surface area contributed by atoms with Gasteiger partial charge in [-0.3, -0.25) is 4.72 Å². The van der Waals surface area contributed by atoms with Gasteiger partial charge in [-0.1, -0.05) is 30.3 Å². The van der Waals surface area contributed by atoms with Crippen molar-refractivity contribution in [2.24, 2.45) is 0 Å². The highest BCUT2D eigenvalue weighted by Gasteiger charge is 2.17. The molecule has 0 aliphatic rings. The second-order valence-electron chi connectivity index (χ2n) is 7.09. The lowest BCUT2D eigenvalue weighted by atomic mass is 10.2. The Morgan fingerprint density at radius 2 is 1.83 bits per heavy atom. The lowest BCUT2D eigenvalue weighted by Crippen LogP contribution is -2.16. The molecule has 0 amide bonds. The van der Waals surface area contributed by atoms with Crippen LogP contribution in [0.5, 0.6) is 11.5 Å². The molecule has 0 saturated heterocycles. The van der Waals surface area contributed by atoms with Crippen LogP contribution in [-0.4, -0.2) is 57.6 Å². The Labute approximate surface area is 176 Å². The highest BCUT2D eigenvalue weighted by Crippen LogP contribution is 2.34. The number of nitrogens with zero attached hydrogens (tertiary/aromatic N) is 3. The second kappa shape index (κ2) is 9.73. The first-order valence-electron chi connectivity index (χ1n) is 9.52. The Kier molecular flexibility index (Phi) is 7.07. The molecule has 0 fully saturated rings. The minimum atomic E-state index is -3.65. The van der Waals surface area contributed by atoms with Gasteiger partial charge in [0.05, 0.1) is 25.0 Å². The fourth-order valence-corrected chi connectivity index (χ4v) is 4.12. The quantitative estimate of drug-likeness (QED) is 0.494. The first kappa shape index (κ1) is 21.8. The molecule has 0 spiro atoms. The van der Waals surface area contributed by atoms with Crippen LogP contribution in [0.25, 0.3) is 10.9 Å². The van der Waals surface area contributed by atoms with E-state index in [-0.39, 0.29) is 11.6 Å². The summed E-state index contributed by atoms with van der Waals surface area (Å²) in [6, 6.07) is 12.4. The van der Waals surface area contributed by atoms with Crippen molar-refractivity contribution in [2.75, 3.05) is 39.1 Å². The van der Waals surface area contributed by atoms with E-state index >= 15 is 0 Å². The van der Waals surface area contributed by atoms with Crippen molar-refractivity contribution >= 4 is 26.7 Å². The zero-order valence-electron chi connectivity index (χ0n) is 17.3. The minimum absolute atomic E-state index is 0.149. The Balaban J connectivity index is 1.84. The van der Waals surface area contributed by atoms with Gasteiger partial charge in [-0.25, -0.2) is 18.4 Å². The lowest BCUT2D eigenvalue weighted by molar-refractivity contribution is 0.268. The van der Waals surface area contributed by atoms with Gasteiger partial charge in [0, 0.05) is 18.0 Å². The summed E-state index contributed by atoms with van der Waals surface area (Å²) in [5, 5.41) is 0.534. The molecule has 2 aromatic carbocycles. The summed E-state index contributed by atoms with van der Waals surface area (Å²) in [5.74, 6) is 1.10. The van der Waals surface area contributed by atoms with Crippen LogP contribution in [-0.2, 0) is 15.8 Å². The smallest absolute Gasteiger partial charge is 0.238 e. The predicted octanol–water partition coefficient (Wildman–Crippen LogP) is 2.91. The SMILES string of the molecule is COc1cc2c(NS(=O)(=O)Cc3ccccc3)ncnc2cc1OCCCN(C)C. The molecular weight excluding hydrogens is 404 g/mol. The van der Waals surface area contributed by atoms with Crippen LogP contribution in [0.4, 0.5) is 5.82 Å². The van der Waals surface area contributed by atoms with Gasteiger partial charge in [0.2, 0.25) is 10.0 Å². The number of nitrogens with one attached hydrogen (secondary N) is 1. The van der Waals surface area contributed by atoms with E-state index in [2.05, 4.69) is 19.6 Å². The third-order valence-corrected chi connectivity index (χ3v) is 5.60. The van der Waals surface area contributed by atoms with E-state index in [1.165, 1.54) is 13.4 Å². The molecule has 0 unspecified atom stereocenters. The van der Waals surface area contributed by atoms with Crippen LogP contribution in [0.2, 0.25) is 0 Å². The van der Waals surface area contributed by atoms with Crippen LogP contribution in [0.15, 0.2) is 48.8 Å². The van der Waals surface area contributed by atoms with Crippen molar-refractivity contribution in [3.63, 3.8) is 0 Å². The van der Waals surface area contributed by atoms with Crippen molar-refractivity contribution in [3.8, 4) is 11.5 Å². The minimum Gasteiger partial charge on any atom is -0.493 e. The Morgan fingerprint density at radius 1 is 1.07 bits per heavy atom. The third kappa shape index (κ3) is 5.80. The van der Waals surface area contributed by atoms with Crippen LogP contribution < -0.4 is 14.2 Å². The third-order valence-electron chi connectivity index (χ3n) is 4.38. The van der Waals surface area contributed by atoms with E-state index in [1.807, 2.05) is 20.2 Å². The molecular formula is C21H26N4O4S. The molecule has 0 aliphatic carbocycles. The molecule has 160 valence electrons. The summed E-state index contributed by atoms with van der Waals surface area (Å²) in [6.45, 7) is 1.44. The molecule has 1 aromatic heterocycles. The van der Waals surface area contributed by atoms with Crippen LogP contribution in [0.3, 0.4) is 0 Å². The van der Waals surface area contributed by atoms with Crippen molar-refractivity contribution in [1.82, 2.24) is 14.9 Å². The zero-order valence-corrected chi connectivity index (χ0v) is 18.1. The largest absolute Gasteiger partial charge is 0.493 e. The van der Waals surface area contributed by atoms with Crippen molar-refractivity contribution in [1.29, 1.82) is 0 Å². The van der Waals surface area contributed by atoms with Gasteiger partial charge in [0.15, 0.2) is 17.3 Å². The Hall–Kier alpha value is -2.91. The fourth-order valence-electron chi connectivity index (χ4n) is 2.96. The summed E-state index contributed by atoms with van der Waals surface area (Å²) in [4.78, 5) is 10.5. The number of hydrogen-bond acceptors (Lipinski definition) is 7. The van der Waals surface area contributed by atoms with Gasteiger partial charge in [-0.2, -0.15) is 0 Å². The van der Waals surface area contributed by atoms with Crippen molar-refractivity contribution in [2.45, 2.75) is 12.2 Å². The molecule has 8 nitrogen and oxygen atoms in total. The summed E-state index contributed by atoms with van der Waals surface area (Å²) < 4.78 is 39.1. The topological polar surface area (TPSA) is 93.6 Å². The van der Waals surface area contributed by atoms with Gasteiger partial charge in [-0.05, 0) is 32.1 Å². The van der Waals surface area contributed by atoms with Crippen LogP contribution in [0, 0.1) is 0 Å². The molecule has 9 heteroatoms. The van der Waals surface area contributed by atoms with E-state index in [9.17, 15) is 8.42 Å². The molecule has 3 rings (SSSR count). The second-order valence-corrected chi connectivity index (χ2v) is 8.82. The number of fused-ring (bicyclic) bond motifs is 1. The number of benzene rings is 2. The molecule has 1 heterocycles. The van der Waals surface area contributed by atoms with Crippen LogP contribution in [0.1, 0.15) is 12.0 Å². The maximum absolute atomic E-state index is 12.6. The lowest BCUT2D eigenvalue weighted by Gasteiger charge is -2.15. The molecule has 0 atom stereocenters. The average molecular weight is 431 g/mol. The maximum Gasteiger partial charge on any atom is 0.238 e. The van der Waals surface area contributed by atoms with Gasteiger partial charge in [0.1, 0.15) is 6.33 Å². The number of hydrogen-bond donors (Lipinski definition) is 1. The van der Waals surface area contributed by atoms with Gasteiger partial charge >= 0.3 is 0 Å². The molecule has 0 radical (unpaired) electrons. The summed E-state index contributed by atoms with van der Waals surface area (Å²) in [7, 11) is 1.90. The standard InChI is InChI=1S/C21H26N4O4S/c1-25(2)10-7-11-29-20-13-18-17(12-19(20)28-3)21(23-15-22-18)24-30(26,27)14-16-8-5-4-6-9-16/h4-6,8-9,12-13,15H,7,10-11,14H2,1-3H3,(H,22,23,24). The van der Waals surface area contributed by atoms with Crippen molar-refractivity contribution in [3.05, 3.63) is 54.4 Å². The highest BCUT2D eigenvalue weighted by molar-refractivity contribution is 7.91. The van der Waals surface area contributed by atoms with E-state index in [1.54, 1.807) is 36.4 Å². The number of aromatic nitrogens is 2. The summed E-state index contributed by atoms with van der Waals surface area (Å²) >= 11 is 0. The fraction of sp³-hybridized carbons (Fsp3) is 0.333. The van der Waals surface area contributed by atoms with Crippen molar-refractivity contribution < 1.29 is 17.9 Å². The first-order chi connectivity index (χ1) is 14.4. The average Bonchev–Trinajstić information content (AvgIpc) is 2.71. The van der Waals surface area contributed by atoms with Crippen LogP contribution >= 0.6 is 0 Å². The normalized spacial score (nSPS) is 11.6. The van der Waals surface area contributed by atoms with E-state index in [4.69, 9.17) is 9.47 Å². The zero-order chi connectivity index (χ0) is 21.6. The predicted molar refractivity (Wildman–Crippen MR) is 117 cm³/mol. The molecule has 0 bridgehead atoms. The van der Waals surface area contributed by atoms with E-state index in [0.29, 0.717) is 34.6 Å². The first-order valence-corrected chi connectivity index (χ1v) is 11.2. The van der Waals surface area contributed by atoms with Gasteiger partial charge < -0.3 is 14.4 Å². The van der Waals surface area contributed by atoms with E-state index < -0.39 is 10.0 Å². The molecule has 0 saturated carbocycles. The molecule has 30 heavy (non-hydrogen) atoms. The number of sulfonamides is 1. The van der Waals surface area contributed by atoms with Gasteiger partial charge in [0.25, 0.3) is 0 Å². The number of rotatable bonds is 10. The highest BCUT2D eigenvalue weighted by atomic mass is 32.2. The van der Waals surface area contributed by atoms with Gasteiger partial charge in [-0.15, -0.1) is 0 Å².